The number of thiazole rings is 1. The van der Waals surface area contributed by atoms with Crippen molar-refractivity contribution in [3.63, 3.8) is 0 Å². The summed E-state index contributed by atoms with van der Waals surface area (Å²) in [5.41, 5.74) is 1.16. The SMILES string of the molecule is CCc1ccc(S(=O)(=O)N2CCC(N3CCC(Oc4nccs4)CC3)CC2)cc1. The van der Waals surface area contributed by atoms with E-state index < -0.39 is 10.0 Å². The lowest BCUT2D eigenvalue weighted by molar-refractivity contribution is 0.0584. The van der Waals surface area contributed by atoms with Crippen LogP contribution in [-0.2, 0) is 16.4 Å². The Hall–Kier alpha value is -1.48. The molecule has 6 nitrogen and oxygen atoms in total. The van der Waals surface area contributed by atoms with Crippen LogP contribution in [0, 0.1) is 0 Å². The lowest BCUT2D eigenvalue weighted by Gasteiger charge is -2.41. The largest absolute Gasteiger partial charge is 0.467 e. The van der Waals surface area contributed by atoms with Gasteiger partial charge in [-0.15, -0.1) is 0 Å². The molecule has 2 fully saturated rings. The molecule has 3 heterocycles. The van der Waals surface area contributed by atoms with Crippen LogP contribution in [0.5, 0.6) is 5.19 Å². The number of aryl methyl sites for hydroxylation is 1. The fourth-order valence-corrected chi connectivity index (χ4v) is 6.28. The Kier molecular flexibility index (Phi) is 6.53. The first-order chi connectivity index (χ1) is 14.1. The second-order valence-corrected chi connectivity index (χ2v) is 10.6. The van der Waals surface area contributed by atoms with Crippen LogP contribution in [0.25, 0.3) is 0 Å². The molecule has 0 aliphatic carbocycles. The van der Waals surface area contributed by atoms with E-state index in [0.717, 1.165) is 56.0 Å². The lowest BCUT2D eigenvalue weighted by atomic mass is 10.00. The monoisotopic (exact) mass is 435 g/mol. The first kappa shape index (κ1) is 20.8. The highest BCUT2D eigenvalue weighted by Gasteiger charge is 2.33. The van der Waals surface area contributed by atoms with Crippen molar-refractivity contribution in [1.82, 2.24) is 14.2 Å². The van der Waals surface area contributed by atoms with Gasteiger partial charge < -0.3 is 9.64 Å². The number of rotatable bonds is 6. The molecule has 2 aliphatic rings. The molecule has 0 atom stereocenters. The highest BCUT2D eigenvalue weighted by Crippen LogP contribution is 2.27. The Morgan fingerprint density at radius 2 is 1.76 bits per heavy atom. The van der Waals surface area contributed by atoms with Crippen LogP contribution in [0.3, 0.4) is 0 Å². The van der Waals surface area contributed by atoms with E-state index in [9.17, 15) is 8.42 Å². The first-order valence-corrected chi connectivity index (χ1v) is 12.8. The van der Waals surface area contributed by atoms with Crippen LogP contribution in [0.2, 0.25) is 0 Å². The van der Waals surface area contributed by atoms with Crippen molar-refractivity contribution in [3.05, 3.63) is 41.4 Å². The zero-order valence-electron chi connectivity index (χ0n) is 16.9. The number of hydrogen-bond donors (Lipinski definition) is 0. The maximum atomic E-state index is 13.0. The van der Waals surface area contributed by atoms with E-state index in [2.05, 4.69) is 16.8 Å². The standard InChI is InChI=1S/C21H29N3O3S2/c1-2-17-3-5-20(6-4-17)29(25,26)24-14-7-18(8-15-24)23-12-9-19(10-13-23)27-21-22-11-16-28-21/h3-6,11,16,18-19H,2,7-10,12-15H2,1H3. The van der Waals surface area contributed by atoms with E-state index in [-0.39, 0.29) is 6.10 Å². The summed E-state index contributed by atoms with van der Waals surface area (Å²) < 4.78 is 33.5. The van der Waals surface area contributed by atoms with E-state index in [1.807, 2.05) is 17.5 Å². The van der Waals surface area contributed by atoms with Crippen LogP contribution in [0.4, 0.5) is 0 Å². The van der Waals surface area contributed by atoms with Crippen LogP contribution >= 0.6 is 11.3 Å². The Morgan fingerprint density at radius 3 is 2.34 bits per heavy atom. The van der Waals surface area contributed by atoms with Gasteiger partial charge in [-0.05, 0) is 49.8 Å². The number of benzene rings is 1. The number of piperidine rings is 2. The molecular formula is C21H29N3O3S2. The van der Waals surface area contributed by atoms with Gasteiger partial charge in [-0.3, -0.25) is 0 Å². The number of nitrogens with zero attached hydrogens (tertiary/aromatic N) is 3. The number of likely N-dealkylation sites (tertiary alicyclic amines) is 1. The van der Waals surface area contributed by atoms with Crippen molar-refractivity contribution in [2.45, 2.75) is 56.1 Å². The molecule has 1 aromatic carbocycles. The summed E-state index contributed by atoms with van der Waals surface area (Å²) in [6.45, 7) is 5.27. The topological polar surface area (TPSA) is 62.7 Å². The minimum atomic E-state index is -3.39. The summed E-state index contributed by atoms with van der Waals surface area (Å²) >= 11 is 1.54. The van der Waals surface area contributed by atoms with Crippen LogP contribution in [0.1, 0.15) is 38.2 Å². The lowest BCUT2D eigenvalue weighted by Crippen LogP contribution is -2.50. The van der Waals surface area contributed by atoms with E-state index in [4.69, 9.17) is 4.74 Å². The molecule has 29 heavy (non-hydrogen) atoms. The number of hydrogen-bond acceptors (Lipinski definition) is 6. The van der Waals surface area contributed by atoms with Crippen LogP contribution in [0.15, 0.2) is 40.7 Å². The fraction of sp³-hybridized carbons (Fsp3) is 0.571. The van der Waals surface area contributed by atoms with Gasteiger partial charge in [0.25, 0.3) is 5.19 Å². The summed E-state index contributed by atoms with van der Waals surface area (Å²) in [5, 5.41) is 2.69. The third-order valence-corrected chi connectivity index (χ3v) is 8.64. The van der Waals surface area contributed by atoms with Gasteiger partial charge >= 0.3 is 0 Å². The van der Waals surface area contributed by atoms with Crippen LogP contribution in [-0.4, -0.2) is 60.9 Å². The molecule has 158 valence electrons. The molecule has 4 rings (SSSR count). The van der Waals surface area contributed by atoms with Gasteiger partial charge in [0.2, 0.25) is 10.0 Å². The molecule has 2 saturated heterocycles. The predicted molar refractivity (Wildman–Crippen MR) is 115 cm³/mol. The molecule has 0 saturated carbocycles. The molecule has 0 amide bonds. The van der Waals surface area contributed by atoms with Gasteiger partial charge in [-0.1, -0.05) is 30.4 Å². The summed E-state index contributed by atoms with van der Waals surface area (Å²) in [6.07, 6.45) is 6.72. The molecule has 0 bridgehead atoms. The summed E-state index contributed by atoms with van der Waals surface area (Å²) in [7, 11) is -3.39. The highest BCUT2D eigenvalue weighted by molar-refractivity contribution is 7.89. The van der Waals surface area contributed by atoms with Crippen molar-refractivity contribution in [2.24, 2.45) is 0 Å². The highest BCUT2D eigenvalue weighted by atomic mass is 32.2. The summed E-state index contributed by atoms with van der Waals surface area (Å²) in [5.74, 6) is 0. The van der Waals surface area contributed by atoms with Crippen molar-refractivity contribution in [1.29, 1.82) is 0 Å². The van der Waals surface area contributed by atoms with Crippen molar-refractivity contribution < 1.29 is 13.2 Å². The minimum Gasteiger partial charge on any atom is -0.467 e. The summed E-state index contributed by atoms with van der Waals surface area (Å²) in [4.78, 5) is 7.13. The van der Waals surface area contributed by atoms with Crippen LogP contribution < -0.4 is 4.74 Å². The minimum absolute atomic E-state index is 0.240. The second kappa shape index (κ2) is 9.12. The smallest absolute Gasteiger partial charge is 0.273 e. The average molecular weight is 436 g/mol. The molecule has 0 unspecified atom stereocenters. The molecule has 2 aliphatic heterocycles. The molecule has 0 spiro atoms. The van der Waals surface area contributed by atoms with E-state index in [1.54, 1.807) is 22.6 Å². The normalized spacial score (nSPS) is 20.7. The van der Waals surface area contributed by atoms with Gasteiger partial charge in [0.15, 0.2) is 0 Å². The number of sulfonamides is 1. The van der Waals surface area contributed by atoms with Gasteiger partial charge in [0.1, 0.15) is 6.10 Å². The molecule has 0 radical (unpaired) electrons. The molecule has 0 N–H and O–H groups in total. The van der Waals surface area contributed by atoms with Crippen molar-refractivity contribution in [2.75, 3.05) is 26.2 Å². The number of ether oxygens (including phenoxy) is 1. The van der Waals surface area contributed by atoms with E-state index in [1.165, 1.54) is 11.3 Å². The Morgan fingerprint density at radius 1 is 1.07 bits per heavy atom. The van der Waals surface area contributed by atoms with Gasteiger partial charge in [0, 0.05) is 43.8 Å². The average Bonchev–Trinajstić information content (AvgIpc) is 3.27. The maximum absolute atomic E-state index is 13.0. The molecule has 2 aromatic rings. The van der Waals surface area contributed by atoms with E-state index >= 15 is 0 Å². The zero-order valence-corrected chi connectivity index (χ0v) is 18.5. The molecule has 8 heteroatoms. The Bertz CT molecular complexity index is 868. The Balaban J connectivity index is 1.28. The van der Waals surface area contributed by atoms with Crippen molar-refractivity contribution >= 4 is 21.4 Å². The third kappa shape index (κ3) is 4.82. The van der Waals surface area contributed by atoms with Gasteiger partial charge in [-0.25, -0.2) is 13.4 Å². The van der Waals surface area contributed by atoms with E-state index in [0.29, 0.717) is 24.0 Å². The molecular weight excluding hydrogens is 406 g/mol. The summed E-state index contributed by atoms with van der Waals surface area (Å²) in [6, 6.07) is 7.78. The first-order valence-electron chi connectivity index (χ1n) is 10.5. The second-order valence-electron chi connectivity index (χ2n) is 7.78. The van der Waals surface area contributed by atoms with Gasteiger partial charge in [-0.2, -0.15) is 4.31 Å². The van der Waals surface area contributed by atoms with Gasteiger partial charge in [0.05, 0.1) is 4.90 Å². The third-order valence-electron chi connectivity index (χ3n) is 6.06. The number of aromatic nitrogens is 1. The molecule has 1 aromatic heterocycles. The maximum Gasteiger partial charge on any atom is 0.273 e. The fourth-order valence-electron chi connectivity index (χ4n) is 4.26. The predicted octanol–water partition coefficient (Wildman–Crippen LogP) is 3.40. The zero-order chi connectivity index (χ0) is 20.3. The Labute approximate surface area is 177 Å². The van der Waals surface area contributed by atoms with Crippen molar-refractivity contribution in [3.8, 4) is 5.19 Å². The quantitative estimate of drug-likeness (QED) is 0.696.